The summed E-state index contributed by atoms with van der Waals surface area (Å²) in [5, 5.41) is 4.23. The van der Waals surface area contributed by atoms with Crippen LogP contribution in [0.15, 0.2) is 18.3 Å². The minimum Gasteiger partial charge on any atom is -0.309 e. The summed E-state index contributed by atoms with van der Waals surface area (Å²) in [5.41, 5.74) is 1.68. The predicted molar refractivity (Wildman–Crippen MR) is 83.8 cm³/mol. The fraction of sp³-hybridized carbons (Fsp3) is 0.500. The summed E-state index contributed by atoms with van der Waals surface area (Å²) in [7, 11) is 0. The Balaban J connectivity index is 2.04. The Labute approximate surface area is 128 Å². The fourth-order valence-corrected chi connectivity index (χ4v) is 4.14. The zero-order chi connectivity index (χ0) is 15.0. The van der Waals surface area contributed by atoms with Crippen molar-refractivity contribution < 1.29 is 4.39 Å². The summed E-state index contributed by atoms with van der Waals surface area (Å²) in [6.45, 7) is 7.56. The lowest BCUT2D eigenvalue weighted by atomic mass is 9.76. The van der Waals surface area contributed by atoms with Crippen LogP contribution in [0.25, 0.3) is 10.7 Å². The lowest BCUT2D eigenvalue weighted by Crippen LogP contribution is -2.32. The normalized spacial score (nSPS) is 20.3. The number of thiazole rings is 1. The largest absolute Gasteiger partial charge is 0.309 e. The molecule has 5 heteroatoms. The number of hydrogen-bond donors (Lipinski definition) is 1. The van der Waals surface area contributed by atoms with Gasteiger partial charge in [0.1, 0.15) is 10.7 Å². The van der Waals surface area contributed by atoms with Crippen molar-refractivity contribution in [2.24, 2.45) is 5.41 Å². The van der Waals surface area contributed by atoms with Crippen LogP contribution in [-0.4, -0.2) is 16.5 Å². The third kappa shape index (κ3) is 2.85. The molecule has 0 radical (unpaired) electrons. The van der Waals surface area contributed by atoms with Crippen molar-refractivity contribution in [3.63, 3.8) is 0 Å². The molecule has 1 aliphatic rings. The molecular weight excluding hydrogens is 285 g/mol. The van der Waals surface area contributed by atoms with Gasteiger partial charge in [0.25, 0.3) is 0 Å². The molecule has 0 saturated heterocycles. The Morgan fingerprint density at radius 2 is 2.29 bits per heavy atom. The van der Waals surface area contributed by atoms with Crippen LogP contribution in [0.3, 0.4) is 0 Å². The summed E-state index contributed by atoms with van der Waals surface area (Å²) in [4.78, 5) is 10.1. The maximum absolute atomic E-state index is 13.9. The minimum atomic E-state index is -0.303. The third-order valence-electron chi connectivity index (χ3n) is 3.86. The van der Waals surface area contributed by atoms with E-state index >= 15 is 0 Å². The first-order valence-corrected chi connectivity index (χ1v) is 8.16. The average Bonchev–Trinajstić information content (AvgIpc) is 2.81. The first kappa shape index (κ1) is 14.6. The number of halogens is 1. The standard InChI is InChI=1S/C16H20FN3S/c1-4-18-11-8-16(2,3)9-12-14(11)21-15(20-12)13-10(17)6-5-7-19-13/h5-7,11,18H,4,8-9H2,1-3H3. The number of hydrogen-bond acceptors (Lipinski definition) is 4. The lowest BCUT2D eigenvalue weighted by molar-refractivity contribution is 0.260. The number of nitrogens with one attached hydrogen (secondary N) is 1. The number of fused-ring (bicyclic) bond motifs is 1. The Hall–Kier alpha value is -1.33. The second-order valence-corrected chi connectivity index (χ2v) is 7.35. The fourth-order valence-electron chi connectivity index (χ4n) is 2.99. The van der Waals surface area contributed by atoms with Crippen molar-refractivity contribution in [2.75, 3.05) is 6.54 Å². The number of aromatic nitrogens is 2. The SMILES string of the molecule is CCNC1CC(C)(C)Cc2nc(-c3ncccc3F)sc21. The second kappa shape index (κ2) is 5.46. The highest BCUT2D eigenvalue weighted by Gasteiger charge is 2.35. The maximum atomic E-state index is 13.9. The summed E-state index contributed by atoms with van der Waals surface area (Å²) in [6.07, 6.45) is 3.64. The highest BCUT2D eigenvalue weighted by atomic mass is 32.1. The molecule has 0 saturated carbocycles. The predicted octanol–water partition coefficient (Wildman–Crippen LogP) is 3.97. The van der Waals surface area contributed by atoms with Crippen LogP contribution >= 0.6 is 11.3 Å². The van der Waals surface area contributed by atoms with E-state index in [-0.39, 0.29) is 11.2 Å². The molecule has 1 unspecified atom stereocenters. The van der Waals surface area contributed by atoms with E-state index in [0.717, 1.165) is 25.1 Å². The molecule has 1 atom stereocenters. The van der Waals surface area contributed by atoms with E-state index < -0.39 is 0 Å². The van der Waals surface area contributed by atoms with E-state index in [2.05, 4.69) is 36.1 Å². The molecule has 0 fully saturated rings. The van der Waals surface area contributed by atoms with Crippen molar-refractivity contribution in [1.29, 1.82) is 0 Å². The summed E-state index contributed by atoms with van der Waals surface area (Å²) in [6, 6.07) is 3.36. The second-order valence-electron chi connectivity index (χ2n) is 6.32. The summed E-state index contributed by atoms with van der Waals surface area (Å²) < 4.78 is 13.9. The van der Waals surface area contributed by atoms with Crippen LogP contribution in [0.4, 0.5) is 4.39 Å². The highest BCUT2D eigenvalue weighted by Crippen LogP contribution is 2.44. The molecule has 2 heterocycles. The van der Waals surface area contributed by atoms with Crippen molar-refractivity contribution in [1.82, 2.24) is 15.3 Å². The zero-order valence-electron chi connectivity index (χ0n) is 12.6. The molecule has 0 amide bonds. The number of rotatable bonds is 3. The van der Waals surface area contributed by atoms with E-state index in [4.69, 9.17) is 0 Å². The molecule has 112 valence electrons. The monoisotopic (exact) mass is 305 g/mol. The molecular formula is C16H20FN3S. The average molecular weight is 305 g/mol. The number of nitrogens with zero attached hydrogens (tertiary/aromatic N) is 2. The van der Waals surface area contributed by atoms with E-state index in [1.54, 1.807) is 23.6 Å². The van der Waals surface area contributed by atoms with Gasteiger partial charge in [-0.2, -0.15) is 0 Å². The van der Waals surface area contributed by atoms with Crippen LogP contribution < -0.4 is 5.32 Å². The van der Waals surface area contributed by atoms with Crippen LogP contribution in [0, 0.1) is 11.2 Å². The first-order valence-electron chi connectivity index (χ1n) is 7.34. The first-order chi connectivity index (χ1) is 10.00. The van der Waals surface area contributed by atoms with Gasteiger partial charge in [-0.15, -0.1) is 11.3 Å². The van der Waals surface area contributed by atoms with Gasteiger partial charge in [0.2, 0.25) is 0 Å². The van der Waals surface area contributed by atoms with Crippen molar-refractivity contribution in [3.8, 4) is 10.7 Å². The molecule has 0 bridgehead atoms. The van der Waals surface area contributed by atoms with Gasteiger partial charge in [-0.25, -0.2) is 9.37 Å². The van der Waals surface area contributed by atoms with E-state index in [9.17, 15) is 4.39 Å². The Kier molecular flexibility index (Phi) is 3.80. The third-order valence-corrected chi connectivity index (χ3v) is 5.08. The molecule has 1 aliphatic carbocycles. The molecule has 21 heavy (non-hydrogen) atoms. The number of pyridine rings is 1. The minimum absolute atomic E-state index is 0.216. The van der Waals surface area contributed by atoms with Crippen molar-refractivity contribution in [3.05, 3.63) is 34.7 Å². The van der Waals surface area contributed by atoms with Gasteiger partial charge in [-0.3, -0.25) is 4.98 Å². The highest BCUT2D eigenvalue weighted by molar-refractivity contribution is 7.15. The van der Waals surface area contributed by atoms with Crippen molar-refractivity contribution >= 4 is 11.3 Å². The van der Waals surface area contributed by atoms with Gasteiger partial charge in [-0.05, 0) is 36.9 Å². The molecule has 0 aromatic carbocycles. The molecule has 0 aliphatic heterocycles. The van der Waals surface area contributed by atoms with E-state index in [0.29, 0.717) is 16.7 Å². The molecule has 0 spiro atoms. The zero-order valence-corrected chi connectivity index (χ0v) is 13.4. The molecule has 3 rings (SSSR count). The molecule has 2 aromatic heterocycles. The molecule has 1 N–H and O–H groups in total. The topological polar surface area (TPSA) is 37.8 Å². The van der Waals surface area contributed by atoms with E-state index in [1.807, 2.05) is 0 Å². The van der Waals surface area contributed by atoms with Gasteiger partial charge in [0, 0.05) is 17.1 Å². The Morgan fingerprint density at radius 1 is 1.48 bits per heavy atom. The smallest absolute Gasteiger partial charge is 0.151 e. The van der Waals surface area contributed by atoms with Gasteiger partial charge in [-0.1, -0.05) is 20.8 Å². The van der Waals surface area contributed by atoms with Crippen molar-refractivity contribution in [2.45, 2.75) is 39.7 Å². The Bertz CT molecular complexity index is 651. The van der Waals surface area contributed by atoms with Gasteiger partial charge < -0.3 is 5.32 Å². The van der Waals surface area contributed by atoms with Crippen LogP contribution in [0.5, 0.6) is 0 Å². The summed E-state index contributed by atoms with van der Waals surface area (Å²) >= 11 is 1.58. The summed E-state index contributed by atoms with van der Waals surface area (Å²) in [5.74, 6) is -0.303. The van der Waals surface area contributed by atoms with E-state index in [1.165, 1.54) is 10.9 Å². The Morgan fingerprint density at radius 3 is 3.00 bits per heavy atom. The van der Waals surface area contributed by atoms with Gasteiger partial charge >= 0.3 is 0 Å². The molecule has 2 aromatic rings. The van der Waals surface area contributed by atoms with Gasteiger partial charge in [0.15, 0.2) is 5.82 Å². The maximum Gasteiger partial charge on any atom is 0.151 e. The van der Waals surface area contributed by atoms with Crippen LogP contribution in [-0.2, 0) is 6.42 Å². The molecule has 3 nitrogen and oxygen atoms in total. The quantitative estimate of drug-likeness (QED) is 0.932. The van der Waals surface area contributed by atoms with Gasteiger partial charge in [0.05, 0.1) is 5.69 Å². The van der Waals surface area contributed by atoms with Crippen LogP contribution in [0.2, 0.25) is 0 Å². The van der Waals surface area contributed by atoms with Crippen LogP contribution in [0.1, 0.15) is 43.8 Å². The lowest BCUT2D eigenvalue weighted by Gasteiger charge is -2.34.